The molecule has 0 aliphatic heterocycles. The normalized spacial score (nSPS) is 10.4. The van der Waals surface area contributed by atoms with E-state index >= 15 is 0 Å². The Kier molecular flexibility index (Phi) is 4.46. The summed E-state index contributed by atoms with van der Waals surface area (Å²) in [6.07, 6.45) is 0.539. The molecule has 4 nitrogen and oxygen atoms in total. The number of carboxylic acid groups (broad SMARTS) is 1. The number of ether oxygens (including phenoxy) is 1. The first kappa shape index (κ1) is 13.5. The Morgan fingerprint density at radius 3 is 2.79 bits per heavy atom. The topological polar surface area (TPSA) is 59.4 Å². The van der Waals surface area contributed by atoms with E-state index in [-0.39, 0.29) is 12.2 Å². The third kappa shape index (κ3) is 4.33. The third-order valence-corrected chi connectivity index (χ3v) is 3.29. The van der Waals surface area contributed by atoms with Crippen molar-refractivity contribution in [2.75, 3.05) is 6.61 Å². The molecular weight excluding hydrogens is 269 g/mol. The van der Waals surface area contributed by atoms with Crippen molar-refractivity contribution in [2.45, 2.75) is 12.8 Å². The number of nitrogens with zero attached hydrogens (tertiary/aromatic N) is 1. The van der Waals surface area contributed by atoms with Crippen molar-refractivity contribution in [1.29, 1.82) is 0 Å². The minimum atomic E-state index is -0.889. The molecule has 1 aromatic carbocycles. The average Bonchev–Trinajstić information content (AvgIpc) is 2.78. The number of carbonyl (C=O) groups is 1. The number of aromatic nitrogens is 1. The molecule has 0 amide bonds. The molecule has 0 bridgehead atoms. The Bertz CT molecular complexity index is 553. The maximum absolute atomic E-state index is 12.7. The molecule has 2 rings (SSSR count). The summed E-state index contributed by atoms with van der Waals surface area (Å²) in [7, 11) is 0. The molecule has 0 saturated heterocycles. The first-order valence-corrected chi connectivity index (χ1v) is 6.55. The summed E-state index contributed by atoms with van der Waals surface area (Å²) in [6, 6.07) is 5.80. The molecule has 1 heterocycles. The van der Waals surface area contributed by atoms with Gasteiger partial charge in [-0.1, -0.05) is 0 Å². The van der Waals surface area contributed by atoms with Gasteiger partial charge in [0.05, 0.1) is 23.7 Å². The van der Waals surface area contributed by atoms with Crippen LogP contribution in [0.5, 0.6) is 5.75 Å². The van der Waals surface area contributed by atoms with E-state index < -0.39 is 5.97 Å². The Labute approximate surface area is 113 Å². The van der Waals surface area contributed by atoms with Crippen LogP contribution in [0.1, 0.15) is 10.7 Å². The molecule has 0 spiro atoms. The van der Waals surface area contributed by atoms with Gasteiger partial charge in [0, 0.05) is 11.8 Å². The van der Waals surface area contributed by atoms with Gasteiger partial charge in [-0.05, 0) is 24.3 Å². The van der Waals surface area contributed by atoms with E-state index in [2.05, 4.69) is 4.98 Å². The van der Waals surface area contributed by atoms with Gasteiger partial charge >= 0.3 is 5.97 Å². The smallest absolute Gasteiger partial charge is 0.309 e. The quantitative estimate of drug-likeness (QED) is 0.884. The minimum Gasteiger partial charge on any atom is -0.493 e. The van der Waals surface area contributed by atoms with Gasteiger partial charge in [-0.3, -0.25) is 4.79 Å². The first-order valence-electron chi connectivity index (χ1n) is 5.67. The van der Waals surface area contributed by atoms with Gasteiger partial charge in [0.25, 0.3) is 0 Å². The molecule has 0 atom stereocenters. The molecule has 0 unspecified atom stereocenters. The average molecular weight is 281 g/mol. The largest absolute Gasteiger partial charge is 0.493 e. The summed E-state index contributed by atoms with van der Waals surface area (Å²) in [5.41, 5.74) is 0.564. The van der Waals surface area contributed by atoms with Gasteiger partial charge < -0.3 is 9.84 Å². The zero-order valence-electron chi connectivity index (χ0n) is 10.0. The summed E-state index contributed by atoms with van der Waals surface area (Å²) in [4.78, 5) is 14.7. The van der Waals surface area contributed by atoms with E-state index in [1.165, 1.54) is 23.5 Å². The highest BCUT2D eigenvalue weighted by atomic mass is 32.1. The Morgan fingerprint density at radius 2 is 2.11 bits per heavy atom. The van der Waals surface area contributed by atoms with Crippen LogP contribution in [-0.4, -0.2) is 22.7 Å². The number of hydrogen-bond donors (Lipinski definition) is 1. The zero-order chi connectivity index (χ0) is 13.7. The molecule has 2 aromatic rings. The SMILES string of the molecule is O=C(O)Cc1csc(CCOc2ccc(F)cc2)n1. The van der Waals surface area contributed by atoms with Crippen molar-refractivity contribution in [2.24, 2.45) is 0 Å². The van der Waals surface area contributed by atoms with Crippen LogP contribution in [0.2, 0.25) is 0 Å². The van der Waals surface area contributed by atoms with Crippen molar-refractivity contribution < 1.29 is 19.0 Å². The van der Waals surface area contributed by atoms with Crippen molar-refractivity contribution in [3.05, 3.63) is 46.2 Å². The zero-order valence-corrected chi connectivity index (χ0v) is 10.8. The number of hydrogen-bond acceptors (Lipinski definition) is 4. The van der Waals surface area contributed by atoms with Crippen molar-refractivity contribution in [1.82, 2.24) is 4.98 Å². The highest BCUT2D eigenvalue weighted by molar-refractivity contribution is 7.09. The van der Waals surface area contributed by atoms with Crippen LogP contribution in [0.4, 0.5) is 4.39 Å². The second-order valence-corrected chi connectivity index (χ2v) is 4.80. The molecule has 0 radical (unpaired) electrons. The molecule has 100 valence electrons. The van der Waals surface area contributed by atoms with Crippen LogP contribution in [0, 0.1) is 5.82 Å². The fourth-order valence-corrected chi connectivity index (χ4v) is 2.27. The lowest BCUT2D eigenvalue weighted by Crippen LogP contribution is -2.03. The number of benzene rings is 1. The van der Waals surface area contributed by atoms with Gasteiger partial charge in [-0.15, -0.1) is 11.3 Å². The maximum atomic E-state index is 12.7. The molecule has 0 saturated carbocycles. The van der Waals surface area contributed by atoms with Crippen LogP contribution in [0.25, 0.3) is 0 Å². The number of thiazole rings is 1. The van der Waals surface area contributed by atoms with Crippen LogP contribution in [-0.2, 0) is 17.6 Å². The van der Waals surface area contributed by atoms with E-state index in [1.807, 2.05) is 0 Å². The monoisotopic (exact) mass is 281 g/mol. The van der Waals surface area contributed by atoms with Crippen molar-refractivity contribution in [3.63, 3.8) is 0 Å². The Hall–Kier alpha value is -1.95. The summed E-state index contributed by atoms with van der Waals surface area (Å²) < 4.78 is 18.1. The molecule has 1 N–H and O–H groups in total. The number of aliphatic carboxylic acids is 1. The summed E-state index contributed by atoms with van der Waals surface area (Å²) >= 11 is 1.41. The van der Waals surface area contributed by atoms with Crippen LogP contribution in [0.15, 0.2) is 29.6 Å². The number of carboxylic acids is 1. The lowest BCUT2D eigenvalue weighted by Gasteiger charge is -2.04. The van der Waals surface area contributed by atoms with Gasteiger partial charge in [-0.2, -0.15) is 0 Å². The lowest BCUT2D eigenvalue weighted by atomic mass is 10.3. The van der Waals surface area contributed by atoms with Crippen molar-refractivity contribution >= 4 is 17.3 Å². The fraction of sp³-hybridized carbons (Fsp3) is 0.231. The Balaban J connectivity index is 1.80. The number of halogens is 1. The second kappa shape index (κ2) is 6.29. The van der Waals surface area contributed by atoms with E-state index in [1.54, 1.807) is 17.5 Å². The van der Waals surface area contributed by atoms with Crippen LogP contribution < -0.4 is 4.74 Å². The van der Waals surface area contributed by atoms with Gasteiger partial charge in [0.1, 0.15) is 11.6 Å². The molecular formula is C13H12FNO3S. The molecule has 19 heavy (non-hydrogen) atoms. The van der Waals surface area contributed by atoms with Gasteiger partial charge in [0.2, 0.25) is 0 Å². The summed E-state index contributed by atoms with van der Waals surface area (Å²) in [6.45, 7) is 0.422. The highest BCUT2D eigenvalue weighted by Gasteiger charge is 2.06. The predicted molar refractivity (Wildman–Crippen MR) is 69.1 cm³/mol. The van der Waals surface area contributed by atoms with Crippen molar-refractivity contribution in [3.8, 4) is 5.75 Å². The standard InChI is InChI=1S/C13H12FNO3S/c14-9-1-3-11(4-2-9)18-6-5-12-15-10(8-19-12)7-13(16)17/h1-4,8H,5-7H2,(H,16,17). The Morgan fingerprint density at radius 1 is 1.37 bits per heavy atom. The van der Waals surface area contributed by atoms with Crippen LogP contribution in [0.3, 0.4) is 0 Å². The highest BCUT2D eigenvalue weighted by Crippen LogP contribution is 2.14. The predicted octanol–water partition coefficient (Wildman–Crippen LogP) is 2.53. The first-order chi connectivity index (χ1) is 9.13. The minimum absolute atomic E-state index is 0.0602. The molecule has 6 heteroatoms. The van der Waals surface area contributed by atoms with Gasteiger partial charge in [-0.25, -0.2) is 9.37 Å². The molecule has 0 aliphatic rings. The lowest BCUT2D eigenvalue weighted by molar-refractivity contribution is -0.136. The maximum Gasteiger partial charge on any atom is 0.309 e. The van der Waals surface area contributed by atoms with Crippen LogP contribution >= 0.6 is 11.3 Å². The second-order valence-electron chi connectivity index (χ2n) is 3.86. The molecule has 0 aliphatic carbocycles. The van der Waals surface area contributed by atoms with E-state index in [9.17, 15) is 9.18 Å². The van der Waals surface area contributed by atoms with E-state index in [0.29, 0.717) is 24.5 Å². The summed E-state index contributed by atoms with van der Waals surface area (Å²) in [5.74, 6) is -0.589. The summed E-state index contributed by atoms with van der Waals surface area (Å²) in [5, 5.41) is 11.2. The van der Waals surface area contributed by atoms with Gasteiger partial charge in [0.15, 0.2) is 0 Å². The van der Waals surface area contributed by atoms with E-state index in [0.717, 1.165) is 5.01 Å². The molecule has 0 fully saturated rings. The number of rotatable bonds is 6. The molecule has 1 aromatic heterocycles. The fourth-order valence-electron chi connectivity index (χ4n) is 1.49. The van der Waals surface area contributed by atoms with E-state index in [4.69, 9.17) is 9.84 Å². The third-order valence-electron chi connectivity index (χ3n) is 2.33.